The highest BCUT2D eigenvalue weighted by Crippen LogP contribution is 2.17. The molecule has 0 unspecified atom stereocenters. The van der Waals surface area contributed by atoms with Gasteiger partial charge in [-0.15, -0.1) is 0 Å². The molecular weight excluding hydrogens is 436 g/mol. The Hall–Kier alpha value is -5.05. The number of hydrogen-bond donors (Lipinski definition) is 1. The van der Waals surface area contributed by atoms with Crippen LogP contribution in [0.2, 0.25) is 0 Å². The number of amides is 1. The highest BCUT2D eigenvalue weighted by molar-refractivity contribution is 5.98. The van der Waals surface area contributed by atoms with Crippen molar-refractivity contribution < 1.29 is 19.2 Å². The zero-order chi connectivity index (χ0) is 23.9. The Morgan fingerprint density at radius 1 is 0.941 bits per heavy atom. The Morgan fingerprint density at radius 2 is 1.68 bits per heavy atom. The quantitative estimate of drug-likeness (QED) is 0.146. The number of aromatic nitrogens is 1. The topological polar surface area (TPSA) is 116 Å². The highest BCUT2D eigenvalue weighted by atomic mass is 16.6. The molecule has 0 saturated heterocycles. The number of nitro groups is 1. The van der Waals surface area contributed by atoms with E-state index in [-0.39, 0.29) is 22.9 Å². The lowest BCUT2D eigenvalue weighted by molar-refractivity contribution is -0.384. The number of nitrogens with zero attached hydrogens (tertiary/aromatic N) is 3. The van der Waals surface area contributed by atoms with Gasteiger partial charge in [0.2, 0.25) is 0 Å². The summed E-state index contributed by atoms with van der Waals surface area (Å²) in [7, 11) is 0. The maximum absolute atomic E-state index is 12.6. The molecule has 168 valence electrons. The first-order chi connectivity index (χ1) is 16.5. The maximum atomic E-state index is 12.6. The van der Waals surface area contributed by atoms with E-state index in [1.54, 1.807) is 36.4 Å². The van der Waals surface area contributed by atoms with Gasteiger partial charge in [-0.25, -0.2) is 10.2 Å². The summed E-state index contributed by atoms with van der Waals surface area (Å²) >= 11 is 0. The fourth-order valence-electron chi connectivity index (χ4n) is 3.15. The van der Waals surface area contributed by atoms with Gasteiger partial charge in [0.05, 0.1) is 28.0 Å². The standard InChI is InChI=1S/C25H18N4O5/c30-24(22-8-1-2-9-23(22)28-14-3-4-15-28)27-26-17-18-10-12-21(13-11-18)34-25(31)19-6-5-7-20(16-19)29(32)33/h1-17H,(H,27,30)/b26-17+. The molecule has 0 saturated carbocycles. The minimum absolute atomic E-state index is 0.0720. The van der Waals surface area contributed by atoms with E-state index in [1.807, 2.05) is 41.2 Å². The average Bonchev–Trinajstić information content (AvgIpc) is 3.40. The summed E-state index contributed by atoms with van der Waals surface area (Å²) in [6, 6.07) is 22.6. The lowest BCUT2D eigenvalue weighted by atomic mass is 10.1. The number of nitrogens with one attached hydrogen (secondary N) is 1. The molecule has 9 heteroatoms. The molecule has 3 aromatic carbocycles. The number of rotatable bonds is 7. The van der Waals surface area contributed by atoms with Crippen LogP contribution in [0.3, 0.4) is 0 Å². The van der Waals surface area contributed by atoms with Crippen molar-refractivity contribution in [3.05, 3.63) is 124 Å². The number of benzene rings is 3. The largest absolute Gasteiger partial charge is 0.423 e. The Balaban J connectivity index is 1.37. The predicted octanol–water partition coefficient (Wildman–Crippen LogP) is 4.37. The van der Waals surface area contributed by atoms with Crippen LogP contribution in [0.25, 0.3) is 5.69 Å². The van der Waals surface area contributed by atoms with Gasteiger partial charge in [-0.2, -0.15) is 5.10 Å². The summed E-state index contributed by atoms with van der Waals surface area (Å²) in [5.74, 6) is -0.805. The monoisotopic (exact) mass is 454 g/mol. The van der Waals surface area contributed by atoms with Crippen LogP contribution in [0.15, 0.2) is 102 Å². The van der Waals surface area contributed by atoms with Crippen LogP contribution >= 0.6 is 0 Å². The minimum Gasteiger partial charge on any atom is -0.423 e. The molecule has 1 aromatic heterocycles. The number of ether oxygens (including phenoxy) is 1. The number of nitro benzene ring substituents is 1. The Kier molecular flexibility index (Phi) is 6.55. The molecule has 1 amide bonds. The van der Waals surface area contributed by atoms with E-state index in [4.69, 9.17) is 4.74 Å². The number of carbonyl (C=O) groups excluding carboxylic acids is 2. The second-order valence-electron chi connectivity index (χ2n) is 7.07. The third kappa shape index (κ3) is 5.22. The van der Waals surface area contributed by atoms with Crippen LogP contribution in [-0.4, -0.2) is 27.6 Å². The van der Waals surface area contributed by atoms with E-state index in [0.717, 1.165) is 11.8 Å². The number of para-hydroxylation sites is 1. The molecular formula is C25H18N4O5. The summed E-state index contributed by atoms with van der Waals surface area (Å²) < 4.78 is 7.10. The first kappa shape index (κ1) is 22.2. The Bertz CT molecular complexity index is 1360. The minimum atomic E-state index is -0.710. The summed E-state index contributed by atoms with van der Waals surface area (Å²) in [6.07, 6.45) is 5.16. The van der Waals surface area contributed by atoms with Crippen LogP contribution in [0.5, 0.6) is 5.75 Å². The lowest BCUT2D eigenvalue weighted by Gasteiger charge is -2.09. The Labute approximate surface area is 194 Å². The van der Waals surface area contributed by atoms with E-state index >= 15 is 0 Å². The van der Waals surface area contributed by atoms with Crippen molar-refractivity contribution in [2.45, 2.75) is 0 Å². The van der Waals surface area contributed by atoms with Crippen molar-refractivity contribution in [2.24, 2.45) is 5.10 Å². The van der Waals surface area contributed by atoms with Gasteiger partial charge in [-0.05, 0) is 60.2 Å². The second kappa shape index (κ2) is 10.0. The SMILES string of the molecule is O=C(Oc1ccc(/C=N/NC(=O)c2ccccc2-n2cccc2)cc1)c1cccc([N+](=O)[O-])c1. The number of esters is 1. The molecule has 0 fully saturated rings. The van der Waals surface area contributed by atoms with Crippen molar-refractivity contribution >= 4 is 23.8 Å². The number of carbonyl (C=O) groups is 2. The smallest absolute Gasteiger partial charge is 0.343 e. The first-order valence-electron chi connectivity index (χ1n) is 10.1. The first-order valence-corrected chi connectivity index (χ1v) is 10.1. The molecule has 0 atom stereocenters. The third-order valence-electron chi connectivity index (χ3n) is 4.79. The fraction of sp³-hybridized carbons (Fsp3) is 0. The average molecular weight is 454 g/mol. The number of hydrazone groups is 1. The van der Waals surface area contributed by atoms with Crippen LogP contribution in [0.1, 0.15) is 26.3 Å². The van der Waals surface area contributed by atoms with Crippen LogP contribution < -0.4 is 10.2 Å². The van der Waals surface area contributed by atoms with E-state index < -0.39 is 10.9 Å². The zero-order valence-corrected chi connectivity index (χ0v) is 17.7. The number of non-ortho nitro benzene ring substituents is 1. The fourth-order valence-corrected chi connectivity index (χ4v) is 3.15. The van der Waals surface area contributed by atoms with E-state index in [1.165, 1.54) is 24.4 Å². The predicted molar refractivity (Wildman–Crippen MR) is 125 cm³/mol. The lowest BCUT2D eigenvalue weighted by Crippen LogP contribution is -2.19. The summed E-state index contributed by atoms with van der Waals surface area (Å²) in [6.45, 7) is 0. The summed E-state index contributed by atoms with van der Waals surface area (Å²) in [5, 5.41) is 14.9. The van der Waals surface area contributed by atoms with Crippen LogP contribution in [0.4, 0.5) is 5.69 Å². The van der Waals surface area contributed by atoms with Crippen molar-refractivity contribution in [1.29, 1.82) is 0 Å². The summed E-state index contributed by atoms with van der Waals surface area (Å²) in [4.78, 5) is 35.1. The van der Waals surface area contributed by atoms with E-state index in [0.29, 0.717) is 11.1 Å². The molecule has 4 aromatic rings. The molecule has 0 aliphatic heterocycles. The van der Waals surface area contributed by atoms with Gasteiger partial charge in [-0.3, -0.25) is 14.9 Å². The highest BCUT2D eigenvalue weighted by Gasteiger charge is 2.14. The third-order valence-corrected chi connectivity index (χ3v) is 4.79. The normalized spacial score (nSPS) is 10.7. The molecule has 34 heavy (non-hydrogen) atoms. The van der Waals surface area contributed by atoms with Gasteiger partial charge >= 0.3 is 5.97 Å². The zero-order valence-electron chi connectivity index (χ0n) is 17.7. The molecule has 1 N–H and O–H groups in total. The molecule has 0 spiro atoms. The van der Waals surface area contributed by atoms with Crippen molar-refractivity contribution in [1.82, 2.24) is 9.99 Å². The maximum Gasteiger partial charge on any atom is 0.343 e. The molecule has 0 bridgehead atoms. The van der Waals surface area contributed by atoms with E-state index in [9.17, 15) is 19.7 Å². The van der Waals surface area contributed by atoms with Gasteiger partial charge in [0, 0.05) is 24.5 Å². The van der Waals surface area contributed by atoms with Gasteiger partial charge in [0.25, 0.3) is 11.6 Å². The number of hydrogen-bond acceptors (Lipinski definition) is 6. The van der Waals surface area contributed by atoms with Crippen LogP contribution in [-0.2, 0) is 0 Å². The molecule has 0 aliphatic rings. The van der Waals surface area contributed by atoms with Gasteiger partial charge in [-0.1, -0.05) is 18.2 Å². The van der Waals surface area contributed by atoms with E-state index in [2.05, 4.69) is 10.5 Å². The molecule has 0 radical (unpaired) electrons. The molecule has 0 aliphatic carbocycles. The molecule has 4 rings (SSSR count). The molecule has 9 nitrogen and oxygen atoms in total. The molecule has 1 heterocycles. The van der Waals surface area contributed by atoms with Gasteiger partial charge in [0.1, 0.15) is 5.75 Å². The summed E-state index contributed by atoms with van der Waals surface area (Å²) in [5.41, 5.74) is 4.25. The van der Waals surface area contributed by atoms with Crippen LogP contribution in [0, 0.1) is 10.1 Å². The van der Waals surface area contributed by atoms with Gasteiger partial charge < -0.3 is 9.30 Å². The van der Waals surface area contributed by atoms with Crippen molar-refractivity contribution in [3.8, 4) is 11.4 Å². The van der Waals surface area contributed by atoms with Gasteiger partial charge in [0.15, 0.2) is 0 Å². The Morgan fingerprint density at radius 3 is 2.41 bits per heavy atom. The second-order valence-corrected chi connectivity index (χ2v) is 7.07. The van der Waals surface area contributed by atoms with Crippen molar-refractivity contribution in [3.63, 3.8) is 0 Å². The van der Waals surface area contributed by atoms with Crippen molar-refractivity contribution in [2.75, 3.05) is 0 Å².